The Bertz CT molecular complexity index is 494. The third-order valence-electron chi connectivity index (χ3n) is 5.23. The zero-order valence-corrected chi connectivity index (χ0v) is 12.8. The molecule has 1 amide bonds. The Morgan fingerprint density at radius 1 is 1.14 bits per heavy atom. The van der Waals surface area contributed by atoms with Crippen LogP contribution in [0.2, 0.25) is 0 Å². The maximum atomic E-state index is 12.6. The predicted octanol–water partition coefficient (Wildman–Crippen LogP) is 3.38. The molecule has 2 aliphatic rings. The number of benzene rings is 1. The van der Waals surface area contributed by atoms with Gasteiger partial charge < -0.3 is 10.6 Å². The molecule has 1 aromatic carbocycles. The van der Waals surface area contributed by atoms with Crippen molar-refractivity contribution in [3.8, 4) is 0 Å². The first-order valence-electron chi connectivity index (χ1n) is 8.38. The maximum Gasteiger partial charge on any atom is 0.223 e. The standard InChI is InChI=1S/C18H26N2O/c19-16-9-4-3-6-14(16)11-12-18(21)20-13-5-10-17(20)15-7-1-2-8-15/h3-4,6,9,15,17H,1-2,5,7-8,10-13,19H2. The fourth-order valence-electron chi connectivity index (χ4n) is 4.08. The van der Waals surface area contributed by atoms with Gasteiger partial charge in [-0.25, -0.2) is 0 Å². The van der Waals surface area contributed by atoms with E-state index in [1.54, 1.807) is 0 Å². The van der Waals surface area contributed by atoms with Gasteiger partial charge in [0.15, 0.2) is 0 Å². The largest absolute Gasteiger partial charge is 0.399 e. The van der Waals surface area contributed by atoms with Gasteiger partial charge in [-0.2, -0.15) is 0 Å². The third-order valence-corrected chi connectivity index (χ3v) is 5.23. The normalized spacial score (nSPS) is 22.9. The molecule has 3 nitrogen and oxygen atoms in total. The second kappa shape index (κ2) is 6.50. The summed E-state index contributed by atoms with van der Waals surface area (Å²) in [6.07, 6.45) is 9.09. The zero-order chi connectivity index (χ0) is 14.7. The Morgan fingerprint density at radius 2 is 1.90 bits per heavy atom. The first-order chi connectivity index (χ1) is 10.3. The van der Waals surface area contributed by atoms with Crippen LogP contribution >= 0.6 is 0 Å². The van der Waals surface area contributed by atoms with E-state index in [1.807, 2.05) is 24.3 Å². The lowest BCUT2D eigenvalue weighted by molar-refractivity contribution is -0.132. The molecule has 0 aromatic heterocycles. The van der Waals surface area contributed by atoms with E-state index in [4.69, 9.17) is 5.73 Å². The quantitative estimate of drug-likeness (QED) is 0.862. The average molecular weight is 286 g/mol. The molecule has 1 aliphatic carbocycles. The molecule has 3 heteroatoms. The summed E-state index contributed by atoms with van der Waals surface area (Å²) in [6.45, 7) is 0.963. The summed E-state index contributed by atoms with van der Waals surface area (Å²) in [6, 6.07) is 8.40. The van der Waals surface area contributed by atoms with Gasteiger partial charge in [-0.3, -0.25) is 4.79 Å². The van der Waals surface area contributed by atoms with Gasteiger partial charge in [0.2, 0.25) is 5.91 Å². The molecule has 1 heterocycles. The van der Waals surface area contributed by atoms with Crippen LogP contribution in [0.15, 0.2) is 24.3 Å². The number of carbonyl (C=O) groups excluding carboxylic acids is 1. The van der Waals surface area contributed by atoms with Crippen LogP contribution in [0.25, 0.3) is 0 Å². The molecule has 1 unspecified atom stereocenters. The summed E-state index contributed by atoms with van der Waals surface area (Å²) < 4.78 is 0. The first kappa shape index (κ1) is 14.4. The van der Waals surface area contributed by atoms with Crippen molar-refractivity contribution in [3.63, 3.8) is 0 Å². The van der Waals surface area contributed by atoms with E-state index in [0.717, 1.165) is 30.1 Å². The van der Waals surface area contributed by atoms with Crippen molar-refractivity contribution in [1.29, 1.82) is 0 Å². The van der Waals surface area contributed by atoms with Gasteiger partial charge >= 0.3 is 0 Å². The second-order valence-corrected chi connectivity index (χ2v) is 6.54. The highest BCUT2D eigenvalue weighted by molar-refractivity contribution is 5.77. The Balaban J connectivity index is 1.58. The highest BCUT2D eigenvalue weighted by atomic mass is 16.2. The molecular weight excluding hydrogens is 260 g/mol. The number of hydrogen-bond acceptors (Lipinski definition) is 2. The van der Waals surface area contributed by atoms with Crippen molar-refractivity contribution in [3.05, 3.63) is 29.8 Å². The average Bonchev–Trinajstić information content (AvgIpc) is 3.16. The van der Waals surface area contributed by atoms with Crippen LogP contribution in [0.5, 0.6) is 0 Å². The van der Waals surface area contributed by atoms with Gasteiger partial charge in [-0.15, -0.1) is 0 Å². The van der Waals surface area contributed by atoms with Gasteiger partial charge in [0.1, 0.15) is 0 Å². The Morgan fingerprint density at radius 3 is 2.67 bits per heavy atom. The van der Waals surface area contributed by atoms with Crippen LogP contribution in [-0.2, 0) is 11.2 Å². The highest BCUT2D eigenvalue weighted by Gasteiger charge is 2.35. The predicted molar refractivity (Wildman–Crippen MR) is 85.9 cm³/mol. The minimum absolute atomic E-state index is 0.327. The number of nitrogens with zero attached hydrogens (tertiary/aromatic N) is 1. The molecule has 1 atom stereocenters. The van der Waals surface area contributed by atoms with Crippen molar-refractivity contribution in [1.82, 2.24) is 4.90 Å². The van der Waals surface area contributed by atoms with Crippen molar-refractivity contribution < 1.29 is 4.79 Å². The van der Waals surface area contributed by atoms with Gasteiger partial charge in [0.05, 0.1) is 0 Å². The molecule has 21 heavy (non-hydrogen) atoms. The van der Waals surface area contributed by atoms with E-state index in [-0.39, 0.29) is 0 Å². The Labute approximate surface area is 127 Å². The summed E-state index contributed by atoms with van der Waals surface area (Å²) in [5.74, 6) is 1.09. The zero-order valence-electron chi connectivity index (χ0n) is 12.8. The molecule has 0 spiro atoms. The van der Waals surface area contributed by atoms with Gasteiger partial charge in [-0.05, 0) is 49.7 Å². The number of amides is 1. The SMILES string of the molecule is Nc1ccccc1CCC(=O)N1CCCC1C1CCCC1. The molecule has 1 aromatic rings. The maximum absolute atomic E-state index is 12.6. The number of nitrogen functional groups attached to an aromatic ring is 1. The van der Waals surface area contributed by atoms with Gasteiger partial charge in [0.25, 0.3) is 0 Å². The molecular formula is C18H26N2O. The fraction of sp³-hybridized carbons (Fsp3) is 0.611. The summed E-state index contributed by atoms with van der Waals surface area (Å²) >= 11 is 0. The number of hydrogen-bond donors (Lipinski definition) is 1. The minimum atomic E-state index is 0.327. The molecule has 3 rings (SSSR count). The molecule has 2 fully saturated rings. The van der Waals surface area contributed by atoms with Crippen LogP contribution in [0.4, 0.5) is 5.69 Å². The topological polar surface area (TPSA) is 46.3 Å². The number of nitrogens with two attached hydrogens (primary N) is 1. The number of aryl methyl sites for hydroxylation is 1. The lowest BCUT2D eigenvalue weighted by Gasteiger charge is -2.29. The molecule has 114 valence electrons. The summed E-state index contributed by atoms with van der Waals surface area (Å²) in [4.78, 5) is 14.8. The van der Waals surface area contributed by atoms with Crippen LogP contribution in [0.1, 0.15) is 50.5 Å². The smallest absolute Gasteiger partial charge is 0.223 e. The third kappa shape index (κ3) is 3.22. The lowest BCUT2D eigenvalue weighted by Crippen LogP contribution is -2.39. The van der Waals surface area contributed by atoms with Crippen molar-refractivity contribution in [2.45, 2.75) is 57.4 Å². The van der Waals surface area contributed by atoms with E-state index in [9.17, 15) is 4.79 Å². The van der Waals surface area contributed by atoms with Crippen molar-refractivity contribution in [2.75, 3.05) is 12.3 Å². The Hall–Kier alpha value is -1.51. The number of rotatable bonds is 4. The van der Waals surface area contributed by atoms with E-state index < -0.39 is 0 Å². The van der Waals surface area contributed by atoms with Crippen LogP contribution in [0, 0.1) is 5.92 Å². The molecule has 1 aliphatic heterocycles. The number of likely N-dealkylation sites (tertiary alicyclic amines) is 1. The van der Waals surface area contributed by atoms with Crippen LogP contribution in [0.3, 0.4) is 0 Å². The van der Waals surface area contributed by atoms with Crippen molar-refractivity contribution in [2.24, 2.45) is 5.92 Å². The van der Waals surface area contributed by atoms with Crippen LogP contribution < -0.4 is 5.73 Å². The van der Waals surface area contributed by atoms with E-state index in [2.05, 4.69) is 4.90 Å². The Kier molecular flexibility index (Phi) is 4.47. The second-order valence-electron chi connectivity index (χ2n) is 6.54. The number of carbonyl (C=O) groups is 1. The number of para-hydroxylation sites is 1. The summed E-state index contributed by atoms with van der Waals surface area (Å²) in [5, 5.41) is 0. The summed E-state index contributed by atoms with van der Waals surface area (Å²) in [7, 11) is 0. The highest BCUT2D eigenvalue weighted by Crippen LogP contribution is 2.35. The van der Waals surface area contributed by atoms with E-state index in [1.165, 1.54) is 38.5 Å². The number of anilines is 1. The molecule has 0 radical (unpaired) electrons. The fourth-order valence-corrected chi connectivity index (χ4v) is 4.08. The molecule has 1 saturated heterocycles. The lowest BCUT2D eigenvalue weighted by atomic mass is 9.95. The summed E-state index contributed by atoms with van der Waals surface area (Å²) in [5.41, 5.74) is 7.87. The molecule has 1 saturated carbocycles. The van der Waals surface area contributed by atoms with E-state index in [0.29, 0.717) is 18.4 Å². The minimum Gasteiger partial charge on any atom is -0.399 e. The van der Waals surface area contributed by atoms with Crippen LogP contribution in [-0.4, -0.2) is 23.4 Å². The van der Waals surface area contributed by atoms with Crippen molar-refractivity contribution >= 4 is 11.6 Å². The van der Waals surface area contributed by atoms with E-state index >= 15 is 0 Å². The van der Waals surface area contributed by atoms with Gasteiger partial charge in [-0.1, -0.05) is 31.0 Å². The molecule has 2 N–H and O–H groups in total. The first-order valence-corrected chi connectivity index (χ1v) is 8.38. The van der Waals surface area contributed by atoms with Gasteiger partial charge in [0, 0.05) is 24.7 Å². The monoisotopic (exact) mass is 286 g/mol. The molecule has 0 bridgehead atoms.